The van der Waals surface area contributed by atoms with Crippen LogP contribution in [-0.2, 0) is 6.42 Å². The molecule has 1 atom stereocenters. The minimum Gasteiger partial charge on any atom is -0.491 e. The van der Waals surface area contributed by atoms with Crippen LogP contribution in [0.1, 0.15) is 21.7 Å². The fourth-order valence-corrected chi connectivity index (χ4v) is 2.71. The lowest BCUT2D eigenvalue weighted by Crippen LogP contribution is -2.30. The van der Waals surface area contributed by atoms with E-state index < -0.39 is 5.97 Å². The molecule has 3 N–H and O–H groups in total. The molecule has 0 radical (unpaired) electrons. The van der Waals surface area contributed by atoms with Crippen molar-refractivity contribution < 1.29 is 19.1 Å². The van der Waals surface area contributed by atoms with E-state index in [1.54, 1.807) is 25.1 Å². The lowest BCUT2D eigenvalue weighted by atomic mass is 10.1. The molecule has 0 fully saturated rings. The van der Waals surface area contributed by atoms with E-state index >= 15 is 0 Å². The summed E-state index contributed by atoms with van der Waals surface area (Å²) in [5, 5.41) is 10.2. The lowest BCUT2D eigenvalue weighted by Gasteiger charge is -2.15. The summed E-state index contributed by atoms with van der Waals surface area (Å²) in [5.41, 5.74) is 7.58. The first-order valence-corrected chi connectivity index (χ1v) is 7.73. The van der Waals surface area contributed by atoms with Crippen LogP contribution in [-0.4, -0.2) is 23.7 Å². The van der Waals surface area contributed by atoms with Crippen molar-refractivity contribution in [2.45, 2.75) is 19.4 Å². The van der Waals surface area contributed by atoms with E-state index in [1.807, 2.05) is 30.3 Å². The minimum absolute atomic E-state index is 0. The molecule has 3 rings (SSSR count). The van der Waals surface area contributed by atoms with Gasteiger partial charge in [-0.25, -0.2) is 4.79 Å². The molecule has 2 aromatic carbocycles. The fraction of sp³-hybridized carbons (Fsp3) is 0.211. The maximum Gasteiger partial charge on any atom is 0.343 e. The molecule has 0 saturated heterocycles. The van der Waals surface area contributed by atoms with Gasteiger partial charge in [0.15, 0.2) is 5.58 Å². The van der Waals surface area contributed by atoms with Gasteiger partial charge in [0.25, 0.3) is 0 Å². The van der Waals surface area contributed by atoms with E-state index in [2.05, 4.69) is 0 Å². The Morgan fingerprint density at radius 2 is 1.96 bits per heavy atom. The summed E-state index contributed by atoms with van der Waals surface area (Å²) in [5.74, 6) is -0.153. The highest BCUT2D eigenvalue weighted by molar-refractivity contribution is 6.04. The number of hydrogen-bond donors (Lipinski definition) is 2. The van der Waals surface area contributed by atoms with Gasteiger partial charge in [-0.15, -0.1) is 12.4 Å². The molecule has 6 heteroatoms. The van der Waals surface area contributed by atoms with Crippen molar-refractivity contribution in [2.75, 3.05) is 6.61 Å². The average Bonchev–Trinajstić information content (AvgIpc) is 2.93. The highest BCUT2D eigenvalue weighted by Crippen LogP contribution is 2.30. The predicted octanol–water partition coefficient (Wildman–Crippen LogP) is 3.81. The van der Waals surface area contributed by atoms with Crippen molar-refractivity contribution in [1.29, 1.82) is 0 Å². The highest BCUT2D eigenvalue weighted by Gasteiger charge is 2.20. The number of nitrogens with two attached hydrogens (primary N) is 1. The molecule has 0 saturated carbocycles. The van der Waals surface area contributed by atoms with E-state index in [9.17, 15) is 9.90 Å². The quantitative estimate of drug-likeness (QED) is 0.697. The molecule has 25 heavy (non-hydrogen) atoms. The highest BCUT2D eigenvalue weighted by atomic mass is 35.5. The van der Waals surface area contributed by atoms with E-state index in [-0.39, 0.29) is 36.4 Å². The van der Waals surface area contributed by atoms with Crippen LogP contribution in [0.2, 0.25) is 0 Å². The summed E-state index contributed by atoms with van der Waals surface area (Å²) in [7, 11) is 0. The molecule has 0 bridgehead atoms. The van der Waals surface area contributed by atoms with Gasteiger partial charge in [-0.1, -0.05) is 30.3 Å². The first kappa shape index (κ1) is 18.8. The summed E-state index contributed by atoms with van der Waals surface area (Å²) >= 11 is 0. The second kappa shape index (κ2) is 8.05. The second-order valence-corrected chi connectivity index (χ2v) is 5.78. The maximum absolute atomic E-state index is 11.6. The van der Waals surface area contributed by atoms with Gasteiger partial charge in [-0.05, 0) is 37.1 Å². The number of aromatic carboxylic acids is 1. The SMILES string of the molecule is Cc1cc2ccc(OCC(N)Cc3ccccc3)c(C(=O)O)c2o1.Cl. The van der Waals surface area contributed by atoms with Gasteiger partial charge in [-0.2, -0.15) is 0 Å². The number of rotatable bonds is 6. The second-order valence-electron chi connectivity index (χ2n) is 5.78. The number of hydrogen-bond acceptors (Lipinski definition) is 4. The number of carboxylic acid groups (broad SMARTS) is 1. The van der Waals surface area contributed by atoms with Crippen LogP contribution in [0.25, 0.3) is 11.0 Å². The van der Waals surface area contributed by atoms with Crippen molar-refractivity contribution in [3.05, 3.63) is 65.4 Å². The number of fused-ring (bicyclic) bond motifs is 1. The van der Waals surface area contributed by atoms with Gasteiger partial charge < -0.3 is 20.0 Å². The third-order valence-electron chi connectivity index (χ3n) is 3.78. The number of aryl methyl sites for hydroxylation is 1. The van der Waals surface area contributed by atoms with E-state index in [1.165, 1.54) is 0 Å². The van der Waals surface area contributed by atoms with Crippen molar-refractivity contribution in [2.24, 2.45) is 5.73 Å². The van der Waals surface area contributed by atoms with E-state index in [0.29, 0.717) is 17.8 Å². The van der Waals surface area contributed by atoms with Crippen molar-refractivity contribution in [3.8, 4) is 5.75 Å². The summed E-state index contributed by atoms with van der Waals surface area (Å²) in [6, 6.07) is 14.9. The minimum atomic E-state index is -1.08. The van der Waals surface area contributed by atoms with Crippen molar-refractivity contribution in [3.63, 3.8) is 0 Å². The molecule has 0 aliphatic rings. The Hall–Kier alpha value is -2.50. The summed E-state index contributed by atoms with van der Waals surface area (Å²) < 4.78 is 11.2. The fourth-order valence-electron chi connectivity index (χ4n) is 2.71. The molecule has 0 spiro atoms. The molecule has 1 unspecified atom stereocenters. The molecular formula is C19H20ClNO4. The summed E-state index contributed by atoms with van der Waals surface area (Å²) in [6.07, 6.45) is 0.658. The lowest BCUT2D eigenvalue weighted by molar-refractivity contribution is 0.0693. The van der Waals surface area contributed by atoms with Crippen LogP contribution < -0.4 is 10.5 Å². The van der Waals surface area contributed by atoms with Crippen LogP contribution in [0.15, 0.2) is 52.9 Å². The van der Waals surface area contributed by atoms with E-state index in [4.69, 9.17) is 14.9 Å². The Bertz CT molecular complexity index is 860. The molecule has 0 aliphatic carbocycles. The van der Waals surface area contributed by atoms with Crippen molar-refractivity contribution in [1.82, 2.24) is 0 Å². The van der Waals surface area contributed by atoms with Gasteiger partial charge in [0.2, 0.25) is 0 Å². The monoisotopic (exact) mass is 361 g/mol. The van der Waals surface area contributed by atoms with Crippen LogP contribution in [0.3, 0.4) is 0 Å². The number of carbonyl (C=O) groups is 1. The number of furan rings is 1. The number of carboxylic acids is 1. The Labute approximate surface area is 151 Å². The standard InChI is InChI=1S/C19H19NO4.ClH/c1-12-9-14-7-8-16(17(19(21)22)18(14)24-12)23-11-15(20)10-13-5-3-2-4-6-13;/h2-9,15H,10-11,20H2,1H3,(H,21,22);1H. The topological polar surface area (TPSA) is 85.7 Å². The van der Waals surface area contributed by atoms with Gasteiger partial charge in [-0.3, -0.25) is 0 Å². The Morgan fingerprint density at radius 1 is 1.24 bits per heavy atom. The third-order valence-corrected chi connectivity index (χ3v) is 3.78. The number of ether oxygens (including phenoxy) is 1. The van der Waals surface area contributed by atoms with Crippen LogP contribution >= 0.6 is 12.4 Å². The van der Waals surface area contributed by atoms with Crippen LogP contribution in [0.5, 0.6) is 5.75 Å². The molecule has 0 amide bonds. The zero-order valence-corrected chi connectivity index (χ0v) is 14.6. The first-order chi connectivity index (χ1) is 11.5. The molecular weight excluding hydrogens is 342 g/mol. The zero-order chi connectivity index (χ0) is 17.1. The van der Waals surface area contributed by atoms with Crippen LogP contribution in [0.4, 0.5) is 0 Å². The van der Waals surface area contributed by atoms with Gasteiger partial charge in [0.05, 0.1) is 0 Å². The number of benzene rings is 2. The van der Waals surface area contributed by atoms with E-state index in [0.717, 1.165) is 10.9 Å². The molecule has 132 valence electrons. The largest absolute Gasteiger partial charge is 0.491 e. The molecule has 1 heterocycles. The number of halogens is 1. The molecule has 0 aliphatic heterocycles. The van der Waals surface area contributed by atoms with Crippen LogP contribution in [0, 0.1) is 6.92 Å². The van der Waals surface area contributed by atoms with Gasteiger partial charge in [0.1, 0.15) is 23.7 Å². The molecule has 5 nitrogen and oxygen atoms in total. The smallest absolute Gasteiger partial charge is 0.343 e. The van der Waals surface area contributed by atoms with Gasteiger partial charge >= 0.3 is 5.97 Å². The normalized spacial score (nSPS) is 11.8. The Balaban J connectivity index is 0.00000225. The predicted molar refractivity (Wildman–Crippen MR) is 98.8 cm³/mol. The summed E-state index contributed by atoms with van der Waals surface area (Å²) in [4.78, 5) is 11.6. The third kappa shape index (κ3) is 4.32. The molecule has 1 aromatic heterocycles. The first-order valence-electron chi connectivity index (χ1n) is 7.73. The van der Waals surface area contributed by atoms with Crippen molar-refractivity contribution >= 4 is 29.3 Å². The summed E-state index contributed by atoms with van der Waals surface area (Å²) in [6.45, 7) is 2.00. The van der Waals surface area contributed by atoms with Gasteiger partial charge in [0, 0.05) is 11.4 Å². The zero-order valence-electron chi connectivity index (χ0n) is 13.8. The average molecular weight is 362 g/mol. The maximum atomic E-state index is 11.6. The Morgan fingerprint density at radius 3 is 2.64 bits per heavy atom. The molecule has 3 aromatic rings. The Kier molecular flexibility index (Phi) is 6.07.